The maximum atomic E-state index is 10.3. The molecule has 2 rings (SSSR count). The van der Waals surface area contributed by atoms with Gasteiger partial charge in [0.25, 0.3) is 0 Å². The van der Waals surface area contributed by atoms with Crippen LogP contribution in [0.3, 0.4) is 0 Å². The number of rotatable bonds is 5. The van der Waals surface area contributed by atoms with Gasteiger partial charge >= 0.3 is 5.97 Å². The predicted molar refractivity (Wildman–Crippen MR) is 60.3 cm³/mol. The van der Waals surface area contributed by atoms with Crippen molar-refractivity contribution < 1.29 is 14.4 Å². The van der Waals surface area contributed by atoms with Gasteiger partial charge in [-0.3, -0.25) is 4.79 Å². The average molecular weight is 254 g/mol. The number of carboxylic acids is 1. The molecule has 0 aliphatic heterocycles. The summed E-state index contributed by atoms with van der Waals surface area (Å²) in [4.78, 5) is 18.4. The predicted octanol–water partition coefficient (Wildman–Crippen LogP) is 0.788. The number of aromatic nitrogens is 4. The van der Waals surface area contributed by atoms with E-state index in [0.717, 1.165) is 5.69 Å². The maximum absolute atomic E-state index is 10.3. The number of aryl methyl sites for hydroxylation is 1. The smallest absolute Gasteiger partial charge is 0.313 e. The van der Waals surface area contributed by atoms with Gasteiger partial charge in [0.1, 0.15) is 5.69 Å². The molecule has 17 heavy (non-hydrogen) atoms. The van der Waals surface area contributed by atoms with Crippen LogP contribution in [0.25, 0.3) is 11.5 Å². The second-order valence-corrected chi connectivity index (χ2v) is 4.27. The Morgan fingerprint density at radius 1 is 1.65 bits per heavy atom. The molecule has 0 amide bonds. The molecule has 90 valence electrons. The maximum Gasteiger partial charge on any atom is 0.313 e. The molecule has 0 aliphatic carbocycles. The van der Waals surface area contributed by atoms with Gasteiger partial charge < -0.3 is 14.2 Å². The summed E-state index contributed by atoms with van der Waals surface area (Å²) in [5, 5.41) is 12.3. The largest absolute Gasteiger partial charge is 0.481 e. The van der Waals surface area contributed by atoms with Crippen LogP contribution in [0.4, 0.5) is 0 Å². The van der Waals surface area contributed by atoms with E-state index in [4.69, 9.17) is 9.63 Å². The lowest BCUT2D eigenvalue weighted by molar-refractivity contribution is -0.133. The molecule has 0 aliphatic rings. The van der Waals surface area contributed by atoms with E-state index in [2.05, 4.69) is 15.1 Å². The van der Waals surface area contributed by atoms with Crippen molar-refractivity contribution in [1.29, 1.82) is 0 Å². The second-order valence-electron chi connectivity index (χ2n) is 3.29. The van der Waals surface area contributed by atoms with Gasteiger partial charge in [-0.25, -0.2) is 4.98 Å². The van der Waals surface area contributed by atoms with Crippen LogP contribution in [-0.2, 0) is 17.6 Å². The van der Waals surface area contributed by atoms with E-state index in [-0.39, 0.29) is 5.75 Å². The first-order valence-corrected chi connectivity index (χ1v) is 5.91. The fraction of sp³-hybridized carbons (Fsp3) is 0.333. The Morgan fingerprint density at radius 2 is 2.47 bits per heavy atom. The highest BCUT2D eigenvalue weighted by atomic mass is 32.2. The molecule has 2 aromatic heterocycles. The molecule has 7 nitrogen and oxygen atoms in total. The van der Waals surface area contributed by atoms with Gasteiger partial charge in [-0.15, -0.1) is 11.8 Å². The van der Waals surface area contributed by atoms with Crippen molar-refractivity contribution in [3.63, 3.8) is 0 Å². The third-order valence-electron chi connectivity index (χ3n) is 1.96. The lowest BCUT2D eigenvalue weighted by atomic mass is 10.4. The number of imidazole rings is 1. The zero-order valence-electron chi connectivity index (χ0n) is 9.03. The minimum atomic E-state index is -0.860. The number of carbonyl (C=O) groups is 1. The first-order chi connectivity index (χ1) is 8.16. The summed E-state index contributed by atoms with van der Waals surface area (Å²) in [6.07, 6.45) is 3.28. The van der Waals surface area contributed by atoms with E-state index in [1.165, 1.54) is 11.8 Å². The quantitative estimate of drug-likeness (QED) is 0.842. The molecule has 0 saturated carbocycles. The third kappa shape index (κ3) is 2.84. The van der Waals surface area contributed by atoms with Crippen LogP contribution in [-0.4, -0.2) is 36.5 Å². The monoisotopic (exact) mass is 254 g/mol. The van der Waals surface area contributed by atoms with Crippen LogP contribution in [0, 0.1) is 0 Å². The number of thioether (sulfide) groups is 1. The Balaban J connectivity index is 2.01. The van der Waals surface area contributed by atoms with Crippen LogP contribution >= 0.6 is 11.8 Å². The molecule has 0 atom stereocenters. The van der Waals surface area contributed by atoms with Gasteiger partial charge in [0.2, 0.25) is 11.7 Å². The highest BCUT2D eigenvalue weighted by Gasteiger charge is 2.11. The van der Waals surface area contributed by atoms with Crippen molar-refractivity contribution in [3.05, 3.63) is 18.4 Å². The number of carboxylic acid groups (broad SMARTS) is 1. The summed E-state index contributed by atoms with van der Waals surface area (Å²) in [5.41, 5.74) is 0.753. The molecule has 1 N–H and O–H groups in total. The summed E-state index contributed by atoms with van der Waals surface area (Å²) < 4.78 is 6.79. The molecule has 0 saturated heterocycles. The first kappa shape index (κ1) is 11.6. The number of hydrogen-bond acceptors (Lipinski definition) is 6. The fourth-order valence-corrected chi connectivity index (χ4v) is 1.78. The van der Waals surface area contributed by atoms with E-state index in [9.17, 15) is 4.79 Å². The van der Waals surface area contributed by atoms with E-state index in [1.54, 1.807) is 17.1 Å². The summed E-state index contributed by atoms with van der Waals surface area (Å²) >= 11 is 1.21. The topological polar surface area (TPSA) is 94.0 Å². The standard InChI is InChI=1S/C9H10N4O3S/c1-13-5-10-2-6(13)9-11-7(16-12-9)3-17-4-8(14)15/h2,5H,3-4H2,1H3,(H,14,15). The molecule has 0 radical (unpaired) electrons. The average Bonchev–Trinajstić information content (AvgIpc) is 2.86. The van der Waals surface area contributed by atoms with Crippen molar-refractivity contribution in [2.45, 2.75) is 5.75 Å². The van der Waals surface area contributed by atoms with E-state index < -0.39 is 5.97 Å². The Bertz CT molecular complexity index is 522. The van der Waals surface area contributed by atoms with E-state index in [0.29, 0.717) is 17.5 Å². The van der Waals surface area contributed by atoms with Gasteiger partial charge in [-0.2, -0.15) is 4.98 Å². The molecule has 0 fully saturated rings. The van der Waals surface area contributed by atoms with Crippen LogP contribution in [0.15, 0.2) is 17.0 Å². The highest BCUT2D eigenvalue weighted by Crippen LogP contribution is 2.16. The van der Waals surface area contributed by atoms with Gasteiger partial charge in [0, 0.05) is 7.05 Å². The summed E-state index contributed by atoms with van der Waals surface area (Å²) in [6.45, 7) is 0. The van der Waals surface area contributed by atoms with Gasteiger partial charge in [-0.05, 0) is 0 Å². The molecule has 0 bridgehead atoms. The summed E-state index contributed by atoms with van der Waals surface area (Å²) in [6, 6.07) is 0. The van der Waals surface area contributed by atoms with Crippen LogP contribution in [0.5, 0.6) is 0 Å². The minimum Gasteiger partial charge on any atom is -0.481 e. The molecular weight excluding hydrogens is 244 g/mol. The zero-order chi connectivity index (χ0) is 12.3. The van der Waals surface area contributed by atoms with Crippen LogP contribution in [0.1, 0.15) is 5.89 Å². The molecular formula is C9H10N4O3S. The van der Waals surface area contributed by atoms with E-state index in [1.807, 2.05) is 7.05 Å². The fourth-order valence-electron chi connectivity index (χ4n) is 1.22. The van der Waals surface area contributed by atoms with Gasteiger partial charge in [0.05, 0.1) is 24.0 Å². The van der Waals surface area contributed by atoms with Crippen molar-refractivity contribution in [2.75, 3.05) is 5.75 Å². The molecule has 2 heterocycles. The molecule has 0 unspecified atom stereocenters. The normalized spacial score (nSPS) is 10.6. The van der Waals surface area contributed by atoms with Crippen molar-refractivity contribution in [1.82, 2.24) is 19.7 Å². The number of nitrogens with zero attached hydrogens (tertiary/aromatic N) is 4. The second kappa shape index (κ2) is 5.00. The van der Waals surface area contributed by atoms with Crippen LogP contribution in [0.2, 0.25) is 0 Å². The minimum absolute atomic E-state index is 0.0173. The third-order valence-corrected chi connectivity index (χ3v) is 2.87. The molecule has 0 aromatic carbocycles. The number of aliphatic carboxylic acids is 1. The lowest BCUT2D eigenvalue weighted by Crippen LogP contribution is -1.98. The van der Waals surface area contributed by atoms with Crippen LogP contribution < -0.4 is 0 Å². The molecule has 0 spiro atoms. The summed E-state index contributed by atoms with van der Waals surface area (Å²) in [5.74, 6) is 0.408. The molecule has 8 heteroatoms. The zero-order valence-corrected chi connectivity index (χ0v) is 9.85. The Labute approximate surface area is 101 Å². The lowest BCUT2D eigenvalue weighted by Gasteiger charge is -1.93. The van der Waals surface area contributed by atoms with Crippen molar-refractivity contribution in [2.24, 2.45) is 7.05 Å². The Hall–Kier alpha value is -1.83. The number of hydrogen-bond donors (Lipinski definition) is 1. The SMILES string of the molecule is Cn1cncc1-c1noc(CSCC(=O)O)n1. The van der Waals surface area contributed by atoms with Gasteiger partial charge in [-0.1, -0.05) is 5.16 Å². The summed E-state index contributed by atoms with van der Waals surface area (Å²) in [7, 11) is 1.83. The Kier molecular flexibility index (Phi) is 3.43. The van der Waals surface area contributed by atoms with Crippen molar-refractivity contribution >= 4 is 17.7 Å². The molecule has 2 aromatic rings. The first-order valence-electron chi connectivity index (χ1n) is 4.75. The van der Waals surface area contributed by atoms with Crippen molar-refractivity contribution in [3.8, 4) is 11.5 Å². The Morgan fingerprint density at radius 3 is 3.12 bits per heavy atom. The van der Waals surface area contributed by atoms with E-state index >= 15 is 0 Å². The van der Waals surface area contributed by atoms with Gasteiger partial charge in [0.15, 0.2) is 0 Å². The highest BCUT2D eigenvalue weighted by molar-refractivity contribution is 7.99.